The van der Waals surface area contributed by atoms with Crippen molar-refractivity contribution in [3.8, 4) is 6.07 Å². The summed E-state index contributed by atoms with van der Waals surface area (Å²) in [5, 5.41) is 24.4. The molecule has 146 valence electrons. The smallest absolute Gasteiger partial charge is 0.237 e. The highest BCUT2D eigenvalue weighted by Gasteiger charge is 2.36. The zero-order valence-electron chi connectivity index (χ0n) is 15.5. The third-order valence-electron chi connectivity index (χ3n) is 5.28. The molecule has 0 radical (unpaired) electrons. The summed E-state index contributed by atoms with van der Waals surface area (Å²) >= 11 is 0. The minimum absolute atomic E-state index is 0.00686. The Labute approximate surface area is 153 Å². The Morgan fingerprint density at radius 3 is 2.77 bits per heavy atom. The molecule has 7 nitrogen and oxygen atoms in total. The Kier molecular flexibility index (Phi) is 6.95. The Bertz CT molecular complexity index is 563. The van der Waals surface area contributed by atoms with Crippen LogP contribution in [0.25, 0.3) is 0 Å². The first kappa shape index (κ1) is 20.6. The number of likely N-dealkylation sites (tertiary alicyclic amines) is 1. The summed E-state index contributed by atoms with van der Waals surface area (Å²) in [6, 6.07) is 1.25. The zero-order chi connectivity index (χ0) is 19.3. The van der Waals surface area contributed by atoms with Crippen LogP contribution in [0, 0.1) is 17.2 Å². The molecule has 1 unspecified atom stereocenters. The van der Waals surface area contributed by atoms with Gasteiger partial charge in [-0.2, -0.15) is 5.26 Å². The maximum atomic E-state index is 13.4. The number of carbonyl (C=O) groups excluding carboxylic acids is 2. The van der Waals surface area contributed by atoms with Gasteiger partial charge in [-0.3, -0.25) is 9.59 Å². The standard InChI is InChI=1S/C18H29FN4O3/c1-18(2,7-16(25)22-15-5-3-4-12(15)11-24)21-9-17(26)23-10-13(19)6-14(23)8-20/h12-15,21,24H,3-7,9-11H2,1-2H3,(H,22,25)/t12-,13-,14-,15?/m0/s1. The Balaban J connectivity index is 1.79. The second kappa shape index (κ2) is 8.78. The number of nitriles is 1. The van der Waals surface area contributed by atoms with Crippen molar-refractivity contribution in [2.75, 3.05) is 19.7 Å². The Morgan fingerprint density at radius 1 is 1.38 bits per heavy atom. The van der Waals surface area contributed by atoms with Crippen LogP contribution in [-0.4, -0.2) is 65.3 Å². The topological polar surface area (TPSA) is 105 Å². The number of aliphatic hydroxyl groups excluding tert-OH is 1. The van der Waals surface area contributed by atoms with Crippen LogP contribution in [0.2, 0.25) is 0 Å². The number of alkyl halides is 1. The molecule has 1 aliphatic carbocycles. The average Bonchev–Trinajstić information content (AvgIpc) is 3.17. The summed E-state index contributed by atoms with van der Waals surface area (Å²) in [7, 11) is 0. The number of aliphatic hydroxyl groups is 1. The molecule has 0 spiro atoms. The van der Waals surface area contributed by atoms with E-state index in [4.69, 9.17) is 5.26 Å². The zero-order valence-corrected chi connectivity index (χ0v) is 15.5. The first-order chi connectivity index (χ1) is 12.3. The summed E-state index contributed by atoms with van der Waals surface area (Å²) < 4.78 is 13.4. The number of carbonyl (C=O) groups is 2. The summed E-state index contributed by atoms with van der Waals surface area (Å²) in [4.78, 5) is 25.8. The lowest BCUT2D eigenvalue weighted by molar-refractivity contribution is -0.131. The lowest BCUT2D eigenvalue weighted by Crippen LogP contribution is -2.50. The highest BCUT2D eigenvalue weighted by Crippen LogP contribution is 2.25. The summed E-state index contributed by atoms with van der Waals surface area (Å²) in [5.74, 6) is -0.343. The van der Waals surface area contributed by atoms with Gasteiger partial charge in [0.25, 0.3) is 0 Å². The maximum absolute atomic E-state index is 13.4. The molecule has 2 aliphatic rings. The van der Waals surface area contributed by atoms with Crippen LogP contribution in [0.5, 0.6) is 0 Å². The monoisotopic (exact) mass is 368 g/mol. The van der Waals surface area contributed by atoms with Crippen molar-refractivity contribution in [1.29, 1.82) is 5.26 Å². The molecule has 1 saturated carbocycles. The highest BCUT2D eigenvalue weighted by molar-refractivity contribution is 5.80. The van der Waals surface area contributed by atoms with Crippen LogP contribution in [-0.2, 0) is 9.59 Å². The Hall–Kier alpha value is -1.72. The molecule has 2 rings (SSSR count). The van der Waals surface area contributed by atoms with Gasteiger partial charge in [-0.15, -0.1) is 0 Å². The summed E-state index contributed by atoms with van der Waals surface area (Å²) in [6.45, 7) is 3.62. The fraction of sp³-hybridized carbons (Fsp3) is 0.833. The van der Waals surface area contributed by atoms with Gasteiger partial charge in [-0.25, -0.2) is 4.39 Å². The number of nitrogens with one attached hydrogen (secondary N) is 2. The predicted octanol–water partition coefficient (Wildman–Crippen LogP) is 0.484. The number of hydrogen-bond acceptors (Lipinski definition) is 5. The normalized spacial score (nSPS) is 28.8. The molecule has 2 amide bonds. The van der Waals surface area contributed by atoms with Crippen LogP contribution in [0.3, 0.4) is 0 Å². The quantitative estimate of drug-likeness (QED) is 0.606. The van der Waals surface area contributed by atoms with Crippen molar-refractivity contribution < 1.29 is 19.1 Å². The van der Waals surface area contributed by atoms with Crippen LogP contribution in [0.4, 0.5) is 4.39 Å². The predicted molar refractivity (Wildman–Crippen MR) is 93.7 cm³/mol. The minimum Gasteiger partial charge on any atom is -0.396 e. The van der Waals surface area contributed by atoms with E-state index in [9.17, 15) is 19.1 Å². The molecule has 1 aliphatic heterocycles. The molecule has 0 bridgehead atoms. The lowest BCUT2D eigenvalue weighted by atomic mass is 9.98. The summed E-state index contributed by atoms with van der Waals surface area (Å²) in [6.07, 6.45) is 1.87. The number of halogens is 1. The number of amides is 2. The van der Waals surface area contributed by atoms with Crippen LogP contribution < -0.4 is 10.6 Å². The molecule has 4 atom stereocenters. The third-order valence-corrected chi connectivity index (χ3v) is 5.28. The van der Waals surface area contributed by atoms with Gasteiger partial charge in [-0.05, 0) is 26.7 Å². The minimum atomic E-state index is -1.16. The van der Waals surface area contributed by atoms with Gasteiger partial charge in [0.05, 0.1) is 19.2 Å². The average molecular weight is 368 g/mol. The molecule has 26 heavy (non-hydrogen) atoms. The van der Waals surface area contributed by atoms with Crippen molar-refractivity contribution in [2.45, 2.75) is 69.7 Å². The van der Waals surface area contributed by atoms with E-state index >= 15 is 0 Å². The maximum Gasteiger partial charge on any atom is 0.237 e. The molecule has 2 fully saturated rings. The van der Waals surface area contributed by atoms with Gasteiger partial charge in [0, 0.05) is 36.9 Å². The van der Waals surface area contributed by atoms with Crippen molar-refractivity contribution in [2.24, 2.45) is 5.92 Å². The molecule has 0 aromatic heterocycles. The fourth-order valence-corrected chi connectivity index (χ4v) is 3.77. The molecule has 8 heteroatoms. The third kappa shape index (κ3) is 5.39. The van der Waals surface area contributed by atoms with Crippen molar-refractivity contribution >= 4 is 11.8 Å². The molecule has 0 aromatic rings. The fourth-order valence-electron chi connectivity index (χ4n) is 3.77. The van der Waals surface area contributed by atoms with Gasteiger partial charge in [0.1, 0.15) is 12.2 Å². The van der Waals surface area contributed by atoms with Gasteiger partial charge in [-0.1, -0.05) is 6.42 Å². The number of nitrogens with zero attached hydrogens (tertiary/aromatic N) is 2. The largest absolute Gasteiger partial charge is 0.396 e. The van der Waals surface area contributed by atoms with E-state index in [1.54, 1.807) is 0 Å². The summed E-state index contributed by atoms with van der Waals surface area (Å²) in [5.41, 5.74) is -0.621. The van der Waals surface area contributed by atoms with E-state index in [0.717, 1.165) is 19.3 Å². The molecular formula is C18H29FN4O3. The van der Waals surface area contributed by atoms with Gasteiger partial charge >= 0.3 is 0 Å². The Morgan fingerprint density at radius 2 is 2.12 bits per heavy atom. The molecular weight excluding hydrogens is 339 g/mol. The highest BCUT2D eigenvalue weighted by atomic mass is 19.1. The van der Waals surface area contributed by atoms with E-state index < -0.39 is 17.8 Å². The van der Waals surface area contributed by atoms with Crippen LogP contribution >= 0.6 is 0 Å². The molecule has 1 saturated heterocycles. The second-order valence-electron chi connectivity index (χ2n) is 7.99. The lowest BCUT2D eigenvalue weighted by Gasteiger charge is -2.29. The SMILES string of the molecule is CC(C)(CC(=O)NC1CCC[C@H]1CO)NCC(=O)N1C[C@@H](F)C[C@H]1C#N. The van der Waals surface area contributed by atoms with Crippen molar-refractivity contribution in [3.05, 3.63) is 0 Å². The van der Waals surface area contributed by atoms with Gasteiger partial charge in [0.15, 0.2) is 0 Å². The molecule has 0 aromatic carbocycles. The van der Waals surface area contributed by atoms with Crippen molar-refractivity contribution in [3.63, 3.8) is 0 Å². The van der Waals surface area contributed by atoms with Crippen LogP contribution in [0.15, 0.2) is 0 Å². The second-order valence-corrected chi connectivity index (χ2v) is 7.99. The van der Waals surface area contributed by atoms with E-state index in [-0.39, 0.29) is 56.3 Å². The van der Waals surface area contributed by atoms with Crippen LogP contribution in [0.1, 0.15) is 46.0 Å². The molecule has 1 heterocycles. The van der Waals surface area contributed by atoms with E-state index in [1.165, 1.54) is 4.90 Å². The van der Waals surface area contributed by atoms with Gasteiger partial charge < -0.3 is 20.6 Å². The number of rotatable bonds is 7. The van der Waals surface area contributed by atoms with E-state index in [1.807, 2.05) is 19.9 Å². The van der Waals surface area contributed by atoms with E-state index in [2.05, 4.69) is 10.6 Å². The van der Waals surface area contributed by atoms with Crippen molar-refractivity contribution in [1.82, 2.24) is 15.5 Å². The first-order valence-electron chi connectivity index (χ1n) is 9.24. The first-order valence-corrected chi connectivity index (χ1v) is 9.24. The van der Waals surface area contributed by atoms with E-state index in [0.29, 0.717) is 0 Å². The number of hydrogen-bond donors (Lipinski definition) is 3. The van der Waals surface area contributed by atoms with Gasteiger partial charge in [0.2, 0.25) is 11.8 Å². The molecule has 3 N–H and O–H groups in total.